The van der Waals surface area contributed by atoms with Crippen molar-refractivity contribution in [3.63, 3.8) is 0 Å². The number of hydrogen-bond acceptors (Lipinski definition) is 8. The molecule has 0 aromatic heterocycles. The van der Waals surface area contributed by atoms with Gasteiger partial charge in [-0.2, -0.15) is 0 Å². The van der Waals surface area contributed by atoms with Crippen molar-refractivity contribution < 1.29 is 37.6 Å². The van der Waals surface area contributed by atoms with Gasteiger partial charge in [0.15, 0.2) is 12.4 Å². The molecule has 0 aliphatic carbocycles. The van der Waals surface area contributed by atoms with Crippen LogP contribution in [-0.2, 0) is 57.4 Å². The van der Waals surface area contributed by atoms with Crippen LogP contribution in [0.25, 0.3) is 0 Å². The molecule has 0 saturated carbocycles. The Morgan fingerprint density at radius 3 is 1.59 bits per heavy atom. The van der Waals surface area contributed by atoms with Crippen molar-refractivity contribution in [1.29, 1.82) is 0 Å². The van der Waals surface area contributed by atoms with Crippen LogP contribution in [0.3, 0.4) is 0 Å². The van der Waals surface area contributed by atoms with Crippen molar-refractivity contribution in [1.82, 2.24) is 0 Å². The van der Waals surface area contributed by atoms with Gasteiger partial charge >= 0.3 is 0 Å². The molecular formula is C50H56O8Si. The molecule has 5 aromatic carbocycles. The molecule has 0 spiro atoms. The number of methoxy groups -OCH3 is 1. The molecule has 2 heterocycles. The third kappa shape index (κ3) is 10.9. The van der Waals surface area contributed by atoms with Crippen molar-refractivity contribution in [3.8, 4) is 0 Å². The van der Waals surface area contributed by atoms with E-state index in [2.05, 4.69) is 69.3 Å². The van der Waals surface area contributed by atoms with Gasteiger partial charge in [0.05, 0.1) is 33.0 Å². The second-order valence-electron chi connectivity index (χ2n) is 15.9. The molecule has 0 radical (unpaired) electrons. The summed E-state index contributed by atoms with van der Waals surface area (Å²) in [5.41, 5.74) is 3.16. The van der Waals surface area contributed by atoms with Crippen LogP contribution in [0.15, 0.2) is 176 Å². The molecule has 2 aliphatic heterocycles. The summed E-state index contributed by atoms with van der Waals surface area (Å²) in [6.07, 6.45) is 2.43. The molecule has 0 unspecified atom stereocenters. The molecule has 0 amide bonds. The van der Waals surface area contributed by atoms with Crippen molar-refractivity contribution in [2.45, 2.75) is 82.4 Å². The van der Waals surface area contributed by atoms with E-state index in [1.54, 1.807) is 7.11 Å². The van der Waals surface area contributed by atoms with Crippen LogP contribution in [0, 0.1) is 0 Å². The molecule has 0 fully saturated rings. The zero-order valence-electron chi connectivity index (χ0n) is 34.4. The number of ether oxygens (including phenoxy) is 7. The van der Waals surface area contributed by atoms with E-state index < -0.39 is 45.1 Å². The third-order valence-corrected chi connectivity index (χ3v) is 15.7. The highest BCUT2D eigenvalue weighted by atomic mass is 28.4. The zero-order valence-corrected chi connectivity index (χ0v) is 35.4. The van der Waals surface area contributed by atoms with Crippen molar-refractivity contribution in [3.05, 3.63) is 193 Å². The van der Waals surface area contributed by atoms with Crippen LogP contribution < -0.4 is 10.4 Å². The van der Waals surface area contributed by atoms with Gasteiger partial charge in [0, 0.05) is 13.2 Å². The fourth-order valence-electron chi connectivity index (χ4n) is 7.74. The Balaban J connectivity index is 1.18. The lowest BCUT2D eigenvalue weighted by Gasteiger charge is -2.44. The monoisotopic (exact) mass is 812 g/mol. The van der Waals surface area contributed by atoms with E-state index in [0.717, 1.165) is 16.7 Å². The van der Waals surface area contributed by atoms with Gasteiger partial charge in [-0.3, -0.25) is 0 Å². The molecule has 6 atom stereocenters. The fourth-order valence-corrected chi connectivity index (χ4v) is 12.3. The molecule has 7 rings (SSSR count). The van der Waals surface area contributed by atoms with Crippen LogP contribution in [0.5, 0.6) is 0 Å². The topological polar surface area (TPSA) is 73.8 Å². The van der Waals surface area contributed by atoms with E-state index in [1.807, 2.05) is 121 Å². The third-order valence-electron chi connectivity index (χ3n) is 10.7. The van der Waals surface area contributed by atoms with Crippen LogP contribution in [-0.4, -0.2) is 65.5 Å². The normalized spacial score (nSPS) is 22.0. The Hall–Kier alpha value is -4.84. The lowest BCUT2D eigenvalue weighted by atomic mass is 10.0. The van der Waals surface area contributed by atoms with Crippen molar-refractivity contribution in [2.75, 3.05) is 20.3 Å². The standard InChI is InChI=1S/C50H56O8Si/c1-50(2,3)59(41-26-16-8-17-27-41,42-28-18-9-19-29-42)55-37-45-43(30-31-47(51-4)57-45)56-48-32-44(53-34-39-22-12-6-13-23-39)49(54-35-40-24-14-7-15-25-40)46(58-48)36-52-33-38-20-10-5-11-21-38/h5-32,43-47,49H,33-37H2,1-4H3/t43-,44+,45+,46+,47-,49-/m0/s1. The summed E-state index contributed by atoms with van der Waals surface area (Å²) in [6, 6.07) is 51.5. The molecule has 59 heavy (non-hydrogen) atoms. The van der Waals surface area contributed by atoms with Crippen molar-refractivity contribution in [2.24, 2.45) is 0 Å². The van der Waals surface area contributed by atoms with Gasteiger partial charge in [0.2, 0.25) is 0 Å². The lowest BCUT2D eigenvalue weighted by molar-refractivity contribution is -0.201. The van der Waals surface area contributed by atoms with Gasteiger partial charge in [-0.1, -0.05) is 172 Å². The molecule has 9 heteroatoms. The van der Waals surface area contributed by atoms with E-state index in [1.165, 1.54) is 10.4 Å². The Bertz CT molecular complexity index is 2000. The summed E-state index contributed by atoms with van der Waals surface area (Å²) in [5, 5.41) is 2.14. The van der Waals surface area contributed by atoms with Gasteiger partial charge in [0.1, 0.15) is 24.4 Å². The average molecular weight is 813 g/mol. The number of rotatable bonds is 18. The van der Waals surface area contributed by atoms with Crippen molar-refractivity contribution >= 4 is 18.7 Å². The van der Waals surface area contributed by atoms with Gasteiger partial charge in [-0.25, -0.2) is 0 Å². The van der Waals surface area contributed by atoms with Crippen LogP contribution in [0.2, 0.25) is 5.04 Å². The van der Waals surface area contributed by atoms with Crippen LogP contribution in [0.1, 0.15) is 37.5 Å². The molecule has 5 aromatic rings. The molecule has 0 N–H and O–H groups in total. The summed E-state index contributed by atoms with van der Waals surface area (Å²) in [5.74, 6) is 0.306. The minimum Gasteiger partial charge on any atom is -0.457 e. The van der Waals surface area contributed by atoms with E-state index in [0.29, 0.717) is 25.8 Å². The summed E-state index contributed by atoms with van der Waals surface area (Å²) >= 11 is 0. The molecule has 0 bridgehead atoms. The second-order valence-corrected chi connectivity index (χ2v) is 20.2. The van der Waals surface area contributed by atoms with E-state index >= 15 is 0 Å². The van der Waals surface area contributed by atoms with Crippen LogP contribution >= 0.6 is 0 Å². The first-order chi connectivity index (χ1) is 28.8. The fraction of sp³-hybridized carbons (Fsp3) is 0.320. The van der Waals surface area contributed by atoms with Gasteiger partial charge in [-0.15, -0.1) is 0 Å². The maximum atomic E-state index is 7.35. The highest BCUT2D eigenvalue weighted by Crippen LogP contribution is 2.38. The zero-order chi connectivity index (χ0) is 40.9. The maximum absolute atomic E-state index is 7.35. The summed E-state index contributed by atoms with van der Waals surface area (Å²) in [4.78, 5) is 0. The number of hydrogen-bond donors (Lipinski definition) is 0. The second kappa shape index (κ2) is 20.4. The van der Waals surface area contributed by atoms with E-state index in [9.17, 15) is 0 Å². The predicted molar refractivity (Wildman–Crippen MR) is 232 cm³/mol. The van der Waals surface area contributed by atoms with E-state index in [-0.39, 0.29) is 18.3 Å². The maximum Gasteiger partial charge on any atom is 0.278 e. The first kappa shape index (κ1) is 42.3. The van der Waals surface area contributed by atoms with Gasteiger partial charge in [0.25, 0.3) is 14.3 Å². The average Bonchev–Trinajstić information content (AvgIpc) is 3.27. The minimum atomic E-state index is -2.90. The predicted octanol–water partition coefficient (Wildman–Crippen LogP) is 8.50. The first-order valence-electron chi connectivity index (χ1n) is 20.4. The Morgan fingerprint density at radius 1 is 0.559 bits per heavy atom. The molecule has 0 saturated heterocycles. The summed E-state index contributed by atoms with van der Waals surface area (Å²) in [6.45, 7) is 8.44. The molecule has 2 aliphatic rings. The largest absolute Gasteiger partial charge is 0.457 e. The minimum absolute atomic E-state index is 0.225. The number of benzene rings is 5. The smallest absolute Gasteiger partial charge is 0.278 e. The van der Waals surface area contributed by atoms with Gasteiger partial charge < -0.3 is 37.6 Å². The Morgan fingerprint density at radius 2 is 1.07 bits per heavy atom. The quantitative estimate of drug-likeness (QED) is 0.0645. The van der Waals surface area contributed by atoms with Gasteiger partial charge in [-0.05, 0) is 44.3 Å². The summed E-state index contributed by atoms with van der Waals surface area (Å²) < 4.78 is 52.8. The lowest BCUT2D eigenvalue weighted by Crippen LogP contribution is -2.67. The van der Waals surface area contributed by atoms with E-state index in [4.69, 9.17) is 37.6 Å². The SMILES string of the molecule is CO[C@@H]1C=C[C@H](OC2=C[C@@H](OCc3ccccc3)[C@H](OCc3ccccc3)[C@@H](COCc3ccccc3)O2)[C@@H](CO[Si](c2ccccc2)(c2ccccc2)C(C)(C)C)O1. The molecule has 308 valence electrons. The molecular weight excluding hydrogens is 757 g/mol. The van der Waals surface area contributed by atoms with Crippen LogP contribution in [0.4, 0.5) is 0 Å². The Kier molecular flexibility index (Phi) is 14.6. The first-order valence-corrected chi connectivity index (χ1v) is 22.3. The Labute approximate surface area is 350 Å². The highest BCUT2D eigenvalue weighted by molar-refractivity contribution is 6.99. The molecule has 8 nitrogen and oxygen atoms in total. The highest BCUT2D eigenvalue weighted by Gasteiger charge is 2.51. The summed E-state index contributed by atoms with van der Waals surface area (Å²) in [7, 11) is -1.27.